The Labute approximate surface area is 127 Å². The van der Waals surface area contributed by atoms with Crippen molar-refractivity contribution in [3.8, 4) is 0 Å². The van der Waals surface area contributed by atoms with Crippen LogP contribution in [0.1, 0.15) is 18.4 Å². The summed E-state index contributed by atoms with van der Waals surface area (Å²) < 4.78 is 37.1. The molecule has 0 saturated carbocycles. The number of carbonyl (C=O) groups is 1. The minimum Gasteiger partial charge on any atom is -0.368 e. The standard InChI is InChI=1S/C15H20F3N3O/c16-15(17,18)11-20-14(13(19)22)6-8-21(9-7-14)10-12-4-2-1-3-5-12/h1-5,20H,6-11H2,(H2,19,22). The first-order chi connectivity index (χ1) is 10.3. The number of nitrogens with zero attached hydrogens (tertiary/aromatic N) is 1. The lowest BCUT2D eigenvalue weighted by atomic mass is 9.86. The van der Waals surface area contributed by atoms with Crippen molar-refractivity contribution < 1.29 is 18.0 Å². The smallest absolute Gasteiger partial charge is 0.368 e. The topological polar surface area (TPSA) is 58.4 Å². The Morgan fingerprint density at radius 2 is 1.82 bits per heavy atom. The van der Waals surface area contributed by atoms with Gasteiger partial charge in [-0.05, 0) is 18.4 Å². The average molecular weight is 315 g/mol. The molecule has 122 valence electrons. The molecular weight excluding hydrogens is 295 g/mol. The second kappa shape index (κ2) is 6.66. The van der Waals surface area contributed by atoms with E-state index in [0.717, 1.165) is 12.1 Å². The van der Waals surface area contributed by atoms with Gasteiger partial charge in [0.1, 0.15) is 5.54 Å². The summed E-state index contributed by atoms with van der Waals surface area (Å²) in [6, 6.07) is 9.81. The molecule has 4 nitrogen and oxygen atoms in total. The fourth-order valence-corrected chi connectivity index (χ4v) is 2.71. The zero-order valence-corrected chi connectivity index (χ0v) is 12.2. The van der Waals surface area contributed by atoms with E-state index in [0.29, 0.717) is 13.1 Å². The molecule has 0 radical (unpaired) electrons. The molecule has 1 heterocycles. The molecule has 0 atom stereocenters. The third-order valence-electron chi connectivity index (χ3n) is 4.06. The lowest BCUT2D eigenvalue weighted by Gasteiger charge is -2.40. The Balaban J connectivity index is 1.93. The second-order valence-electron chi connectivity index (χ2n) is 5.68. The molecule has 0 aliphatic carbocycles. The van der Waals surface area contributed by atoms with Crippen LogP contribution in [0.5, 0.6) is 0 Å². The second-order valence-corrected chi connectivity index (χ2v) is 5.68. The van der Waals surface area contributed by atoms with Gasteiger partial charge in [-0.1, -0.05) is 30.3 Å². The number of carbonyl (C=O) groups excluding carboxylic acids is 1. The van der Waals surface area contributed by atoms with Gasteiger partial charge in [0.25, 0.3) is 0 Å². The SMILES string of the molecule is NC(=O)C1(NCC(F)(F)F)CCN(Cc2ccccc2)CC1. The van der Waals surface area contributed by atoms with Gasteiger partial charge in [0.05, 0.1) is 6.54 Å². The molecule has 1 aliphatic heterocycles. The van der Waals surface area contributed by atoms with Gasteiger partial charge in [-0.15, -0.1) is 0 Å². The van der Waals surface area contributed by atoms with Crippen molar-refractivity contribution in [2.75, 3.05) is 19.6 Å². The molecule has 22 heavy (non-hydrogen) atoms. The number of halogens is 3. The van der Waals surface area contributed by atoms with Crippen LogP contribution in [0.3, 0.4) is 0 Å². The maximum absolute atomic E-state index is 12.4. The summed E-state index contributed by atoms with van der Waals surface area (Å²) in [4.78, 5) is 13.7. The number of primary amides is 1. The zero-order chi connectivity index (χ0) is 16.2. The number of alkyl halides is 3. The molecule has 2 rings (SSSR count). The van der Waals surface area contributed by atoms with Gasteiger partial charge in [0.15, 0.2) is 0 Å². The first-order valence-corrected chi connectivity index (χ1v) is 7.19. The summed E-state index contributed by atoms with van der Waals surface area (Å²) in [7, 11) is 0. The predicted molar refractivity (Wildman–Crippen MR) is 76.9 cm³/mol. The third kappa shape index (κ3) is 4.45. The van der Waals surface area contributed by atoms with Gasteiger partial charge in [-0.3, -0.25) is 15.0 Å². The lowest BCUT2D eigenvalue weighted by molar-refractivity contribution is -0.138. The number of nitrogens with one attached hydrogen (secondary N) is 1. The van der Waals surface area contributed by atoms with Gasteiger partial charge < -0.3 is 5.73 Å². The molecule has 1 aromatic rings. The Morgan fingerprint density at radius 3 is 2.32 bits per heavy atom. The highest BCUT2D eigenvalue weighted by Crippen LogP contribution is 2.25. The van der Waals surface area contributed by atoms with Crippen LogP contribution >= 0.6 is 0 Å². The van der Waals surface area contributed by atoms with E-state index in [1.54, 1.807) is 0 Å². The number of benzene rings is 1. The number of hydrogen-bond donors (Lipinski definition) is 2. The number of nitrogens with two attached hydrogens (primary N) is 1. The monoisotopic (exact) mass is 315 g/mol. The Hall–Kier alpha value is -1.60. The van der Waals surface area contributed by atoms with E-state index in [4.69, 9.17) is 5.73 Å². The van der Waals surface area contributed by atoms with Crippen LogP contribution in [0, 0.1) is 0 Å². The van der Waals surface area contributed by atoms with Gasteiger partial charge in [-0.2, -0.15) is 13.2 Å². The first-order valence-electron chi connectivity index (χ1n) is 7.19. The van der Waals surface area contributed by atoms with Crippen LogP contribution in [0.4, 0.5) is 13.2 Å². The van der Waals surface area contributed by atoms with Crippen molar-refractivity contribution in [1.82, 2.24) is 10.2 Å². The highest BCUT2D eigenvalue weighted by molar-refractivity contribution is 5.84. The Kier molecular flexibility index (Phi) is 5.08. The molecule has 1 amide bonds. The van der Waals surface area contributed by atoms with Gasteiger partial charge in [-0.25, -0.2) is 0 Å². The number of amides is 1. The maximum Gasteiger partial charge on any atom is 0.401 e. The molecule has 7 heteroatoms. The molecule has 3 N–H and O–H groups in total. The van der Waals surface area contributed by atoms with Crippen LogP contribution in [0.2, 0.25) is 0 Å². The van der Waals surface area contributed by atoms with Crippen LogP contribution in [-0.2, 0) is 11.3 Å². The fraction of sp³-hybridized carbons (Fsp3) is 0.533. The van der Waals surface area contributed by atoms with E-state index in [-0.39, 0.29) is 12.8 Å². The summed E-state index contributed by atoms with van der Waals surface area (Å²) in [6.07, 6.45) is -3.79. The van der Waals surface area contributed by atoms with Crippen LogP contribution < -0.4 is 11.1 Å². The minimum absolute atomic E-state index is 0.283. The summed E-state index contributed by atoms with van der Waals surface area (Å²) in [5.41, 5.74) is 5.22. The largest absolute Gasteiger partial charge is 0.401 e. The predicted octanol–water partition coefficient (Wildman–Crippen LogP) is 1.66. The number of hydrogen-bond acceptors (Lipinski definition) is 3. The van der Waals surface area contributed by atoms with Gasteiger partial charge in [0.2, 0.25) is 5.91 Å². The van der Waals surface area contributed by atoms with Crippen molar-refractivity contribution in [2.24, 2.45) is 5.73 Å². The minimum atomic E-state index is -4.36. The van der Waals surface area contributed by atoms with Crippen molar-refractivity contribution >= 4 is 5.91 Å². The maximum atomic E-state index is 12.4. The van der Waals surface area contributed by atoms with Crippen molar-refractivity contribution in [3.63, 3.8) is 0 Å². The van der Waals surface area contributed by atoms with E-state index >= 15 is 0 Å². The van der Waals surface area contributed by atoms with E-state index < -0.39 is 24.2 Å². The fourth-order valence-electron chi connectivity index (χ4n) is 2.71. The molecule has 1 saturated heterocycles. The van der Waals surface area contributed by atoms with E-state index in [2.05, 4.69) is 10.2 Å². The highest BCUT2D eigenvalue weighted by atomic mass is 19.4. The quantitative estimate of drug-likeness (QED) is 0.869. The summed E-state index contributed by atoms with van der Waals surface area (Å²) in [6.45, 7) is 0.578. The molecule has 0 aromatic heterocycles. The van der Waals surface area contributed by atoms with E-state index in [1.165, 1.54) is 0 Å². The number of rotatable bonds is 5. The van der Waals surface area contributed by atoms with Crippen molar-refractivity contribution in [2.45, 2.75) is 31.1 Å². The number of likely N-dealkylation sites (tertiary alicyclic amines) is 1. The van der Waals surface area contributed by atoms with Crippen molar-refractivity contribution in [1.29, 1.82) is 0 Å². The molecule has 0 bridgehead atoms. The van der Waals surface area contributed by atoms with Gasteiger partial charge >= 0.3 is 6.18 Å². The summed E-state index contributed by atoms with van der Waals surface area (Å²) in [5.74, 6) is -0.712. The van der Waals surface area contributed by atoms with E-state index in [1.807, 2.05) is 30.3 Å². The lowest BCUT2D eigenvalue weighted by Crippen LogP contribution is -2.62. The molecular formula is C15H20F3N3O. The Bertz CT molecular complexity index is 497. The first kappa shape index (κ1) is 16.8. The highest BCUT2D eigenvalue weighted by Gasteiger charge is 2.42. The zero-order valence-electron chi connectivity index (χ0n) is 12.2. The van der Waals surface area contributed by atoms with E-state index in [9.17, 15) is 18.0 Å². The molecule has 1 aromatic carbocycles. The number of piperidine rings is 1. The van der Waals surface area contributed by atoms with Crippen LogP contribution in [-0.4, -0.2) is 42.2 Å². The van der Waals surface area contributed by atoms with Crippen LogP contribution in [0.15, 0.2) is 30.3 Å². The van der Waals surface area contributed by atoms with Gasteiger partial charge in [0, 0.05) is 19.6 Å². The van der Waals surface area contributed by atoms with Crippen LogP contribution in [0.25, 0.3) is 0 Å². The van der Waals surface area contributed by atoms with Crippen molar-refractivity contribution in [3.05, 3.63) is 35.9 Å². The summed E-state index contributed by atoms with van der Waals surface area (Å²) >= 11 is 0. The molecule has 1 aliphatic rings. The Morgan fingerprint density at radius 1 is 1.23 bits per heavy atom. The third-order valence-corrected chi connectivity index (χ3v) is 4.06. The molecule has 0 spiro atoms. The summed E-state index contributed by atoms with van der Waals surface area (Å²) in [5, 5.41) is 2.33. The average Bonchev–Trinajstić information content (AvgIpc) is 2.47. The normalized spacial score (nSPS) is 19.0. The molecule has 0 unspecified atom stereocenters. The molecule has 1 fully saturated rings.